The number of hydrogen-bond acceptors (Lipinski definition) is 1. The standard InChI is InChI=1S/C12H22O/c1-8(2)10-5-11(9(3)4)7-12(13)6-10/h8-11H,5-7H2,1-4H3. The first-order chi connectivity index (χ1) is 6.00. The smallest absolute Gasteiger partial charge is 0.133 e. The van der Waals surface area contributed by atoms with Crippen LogP contribution in [0.5, 0.6) is 0 Å². The fourth-order valence-corrected chi connectivity index (χ4v) is 2.24. The lowest BCUT2D eigenvalue weighted by molar-refractivity contribution is -0.124. The predicted molar refractivity (Wildman–Crippen MR) is 55.5 cm³/mol. The molecule has 1 nitrogen and oxygen atoms in total. The third-order valence-corrected chi connectivity index (χ3v) is 3.47. The minimum Gasteiger partial charge on any atom is -0.300 e. The van der Waals surface area contributed by atoms with Crippen LogP contribution in [-0.2, 0) is 4.79 Å². The van der Waals surface area contributed by atoms with E-state index in [2.05, 4.69) is 27.7 Å². The summed E-state index contributed by atoms with van der Waals surface area (Å²) in [5, 5.41) is 0. The van der Waals surface area contributed by atoms with E-state index in [1.54, 1.807) is 0 Å². The summed E-state index contributed by atoms with van der Waals surface area (Å²) in [6, 6.07) is 0. The lowest BCUT2D eigenvalue weighted by Gasteiger charge is -2.32. The first kappa shape index (κ1) is 10.7. The van der Waals surface area contributed by atoms with Gasteiger partial charge in [-0.25, -0.2) is 0 Å². The van der Waals surface area contributed by atoms with Gasteiger partial charge < -0.3 is 0 Å². The molecule has 0 aromatic rings. The molecule has 0 heterocycles. The van der Waals surface area contributed by atoms with Gasteiger partial charge in [-0.2, -0.15) is 0 Å². The van der Waals surface area contributed by atoms with E-state index >= 15 is 0 Å². The minimum atomic E-state index is 0.489. The Morgan fingerprint density at radius 3 is 1.69 bits per heavy atom. The van der Waals surface area contributed by atoms with Gasteiger partial charge in [0.15, 0.2) is 0 Å². The molecule has 0 spiro atoms. The SMILES string of the molecule is CC(C)C1CC(=O)CC(C(C)C)C1. The molecule has 0 saturated heterocycles. The molecule has 0 aliphatic heterocycles. The Balaban J connectivity index is 2.57. The molecule has 1 saturated carbocycles. The van der Waals surface area contributed by atoms with E-state index in [4.69, 9.17) is 0 Å². The lowest BCUT2D eigenvalue weighted by atomic mass is 9.72. The Morgan fingerprint density at radius 2 is 1.38 bits per heavy atom. The van der Waals surface area contributed by atoms with Gasteiger partial charge in [0.25, 0.3) is 0 Å². The molecular weight excluding hydrogens is 160 g/mol. The molecule has 0 bridgehead atoms. The van der Waals surface area contributed by atoms with Crippen LogP contribution in [0.1, 0.15) is 47.0 Å². The number of Topliss-reactive ketones (excluding diaryl/α,β-unsaturated/α-hetero) is 1. The third-order valence-electron chi connectivity index (χ3n) is 3.47. The van der Waals surface area contributed by atoms with E-state index in [0.29, 0.717) is 29.5 Å². The average Bonchev–Trinajstić information content (AvgIpc) is 2.03. The van der Waals surface area contributed by atoms with Crippen molar-refractivity contribution in [2.24, 2.45) is 23.7 Å². The van der Waals surface area contributed by atoms with Gasteiger partial charge in [0.1, 0.15) is 5.78 Å². The summed E-state index contributed by atoms with van der Waals surface area (Å²) in [7, 11) is 0. The molecule has 0 aromatic carbocycles. The van der Waals surface area contributed by atoms with Crippen LogP contribution in [-0.4, -0.2) is 5.78 Å². The first-order valence-electron chi connectivity index (χ1n) is 5.52. The second-order valence-corrected chi connectivity index (χ2v) is 5.19. The van der Waals surface area contributed by atoms with Crippen LogP contribution >= 0.6 is 0 Å². The summed E-state index contributed by atoms with van der Waals surface area (Å²) in [6.45, 7) is 8.95. The summed E-state index contributed by atoms with van der Waals surface area (Å²) in [5.74, 6) is 3.13. The molecule has 0 aromatic heterocycles. The third kappa shape index (κ3) is 2.82. The molecule has 13 heavy (non-hydrogen) atoms. The predicted octanol–water partition coefficient (Wildman–Crippen LogP) is 3.28. The van der Waals surface area contributed by atoms with Crippen LogP contribution in [0, 0.1) is 23.7 Å². The molecule has 1 aliphatic carbocycles. The topological polar surface area (TPSA) is 17.1 Å². The summed E-state index contributed by atoms with van der Waals surface area (Å²) < 4.78 is 0. The normalized spacial score (nSPS) is 30.2. The first-order valence-corrected chi connectivity index (χ1v) is 5.52. The maximum absolute atomic E-state index is 11.5. The zero-order valence-corrected chi connectivity index (χ0v) is 9.34. The van der Waals surface area contributed by atoms with Crippen LogP contribution in [0.25, 0.3) is 0 Å². The van der Waals surface area contributed by atoms with Crippen molar-refractivity contribution < 1.29 is 4.79 Å². The van der Waals surface area contributed by atoms with Gasteiger partial charge in [0.05, 0.1) is 0 Å². The number of carbonyl (C=O) groups is 1. The van der Waals surface area contributed by atoms with Crippen LogP contribution in [0.3, 0.4) is 0 Å². The highest BCUT2D eigenvalue weighted by Crippen LogP contribution is 2.35. The van der Waals surface area contributed by atoms with E-state index in [9.17, 15) is 4.79 Å². The van der Waals surface area contributed by atoms with Gasteiger partial charge in [-0.15, -0.1) is 0 Å². The Labute approximate surface area is 81.9 Å². The van der Waals surface area contributed by atoms with Gasteiger partial charge >= 0.3 is 0 Å². The van der Waals surface area contributed by atoms with Crippen molar-refractivity contribution in [3.63, 3.8) is 0 Å². The highest BCUT2D eigenvalue weighted by Gasteiger charge is 2.30. The quantitative estimate of drug-likeness (QED) is 0.640. The van der Waals surface area contributed by atoms with Gasteiger partial charge in [-0.3, -0.25) is 4.79 Å². The summed E-state index contributed by atoms with van der Waals surface area (Å²) >= 11 is 0. The van der Waals surface area contributed by atoms with Crippen molar-refractivity contribution >= 4 is 5.78 Å². The van der Waals surface area contributed by atoms with Gasteiger partial charge in [-0.1, -0.05) is 27.7 Å². The second kappa shape index (κ2) is 4.26. The number of hydrogen-bond donors (Lipinski definition) is 0. The summed E-state index contributed by atoms with van der Waals surface area (Å²) in [6.07, 6.45) is 2.93. The lowest BCUT2D eigenvalue weighted by Crippen LogP contribution is -2.28. The zero-order chi connectivity index (χ0) is 10.0. The van der Waals surface area contributed by atoms with Crippen LogP contribution in [0.15, 0.2) is 0 Å². The van der Waals surface area contributed by atoms with Crippen molar-refractivity contribution in [3.05, 3.63) is 0 Å². The number of rotatable bonds is 2. The van der Waals surface area contributed by atoms with E-state index < -0.39 is 0 Å². The number of carbonyl (C=O) groups excluding carboxylic acids is 1. The Kier molecular flexibility index (Phi) is 3.52. The van der Waals surface area contributed by atoms with Crippen LogP contribution in [0.2, 0.25) is 0 Å². The van der Waals surface area contributed by atoms with Gasteiger partial charge in [0.2, 0.25) is 0 Å². The summed E-state index contributed by atoms with van der Waals surface area (Å²) in [4.78, 5) is 11.5. The van der Waals surface area contributed by atoms with Gasteiger partial charge in [-0.05, 0) is 30.1 Å². The fraction of sp³-hybridized carbons (Fsp3) is 0.917. The summed E-state index contributed by atoms with van der Waals surface area (Å²) in [5.41, 5.74) is 0. The monoisotopic (exact) mass is 182 g/mol. The molecule has 1 rings (SSSR count). The fourth-order valence-electron chi connectivity index (χ4n) is 2.24. The molecule has 0 radical (unpaired) electrons. The Morgan fingerprint density at radius 1 is 1.00 bits per heavy atom. The van der Waals surface area contributed by atoms with E-state index in [1.807, 2.05) is 0 Å². The molecule has 1 heteroatoms. The zero-order valence-electron chi connectivity index (χ0n) is 9.34. The maximum Gasteiger partial charge on any atom is 0.133 e. The van der Waals surface area contributed by atoms with E-state index in [-0.39, 0.29) is 0 Å². The van der Waals surface area contributed by atoms with Crippen molar-refractivity contribution in [3.8, 4) is 0 Å². The highest BCUT2D eigenvalue weighted by atomic mass is 16.1. The van der Waals surface area contributed by atoms with Gasteiger partial charge in [0, 0.05) is 12.8 Å². The second-order valence-electron chi connectivity index (χ2n) is 5.19. The van der Waals surface area contributed by atoms with E-state index in [0.717, 1.165) is 12.8 Å². The van der Waals surface area contributed by atoms with Crippen molar-refractivity contribution in [2.45, 2.75) is 47.0 Å². The van der Waals surface area contributed by atoms with Crippen molar-refractivity contribution in [2.75, 3.05) is 0 Å². The number of ketones is 1. The van der Waals surface area contributed by atoms with E-state index in [1.165, 1.54) is 6.42 Å². The highest BCUT2D eigenvalue weighted by molar-refractivity contribution is 5.79. The molecule has 0 amide bonds. The molecule has 0 N–H and O–H groups in total. The molecular formula is C12H22O. The van der Waals surface area contributed by atoms with Crippen molar-refractivity contribution in [1.29, 1.82) is 0 Å². The minimum absolute atomic E-state index is 0.489. The largest absolute Gasteiger partial charge is 0.300 e. The van der Waals surface area contributed by atoms with Crippen LogP contribution < -0.4 is 0 Å². The molecule has 1 fully saturated rings. The molecule has 1 aliphatic rings. The average molecular weight is 182 g/mol. The maximum atomic E-state index is 11.5. The molecule has 2 atom stereocenters. The molecule has 76 valence electrons. The molecule has 2 unspecified atom stereocenters. The van der Waals surface area contributed by atoms with Crippen molar-refractivity contribution in [1.82, 2.24) is 0 Å². The Bertz CT molecular complexity index is 164. The Hall–Kier alpha value is -0.330. The van der Waals surface area contributed by atoms with Crippen LogP contribution in [0.4, 0.5) is 0 Å².